The molecule has 1 saturated carbocycles. The Hall–Kier alpha value is -4.16. The molecule has 2 aromatic rings. The number of rotatable bonds is 16. The van der Waals surface area contributed by atoms with Gasteiger partial charge in [0.25, 0.3) is 0 Å². The molecule has 0 unspecified atom stereocenters. The van der Waals surface area contributed by atoms with E-state index >= 15 is 0 Å². The van der Waals surface area contributed by atoms with Gasteiger partial charge in [0.15, 0.2) is 0 Å². The van der Waals surface area contributed by atoms with Crippen molar-refractivity contribution in [2.75, 3.05) is 13.2 Å². The maximum Gasteiger partial charge on any atom is 0.543 e. The van der Waals surface area contributed by atoms with Gasteiger partial charge in [0, 0.05) is 0 Å². The van der Waals surface area contributed by atoms with E-state index in [0.717, 1.165) is 49.7 Å². The Morgan fingerprint density at radius 2 is 0.932 bits per heavy atom. The third-order valence-corrected chi connectivity index (χ3v) is 7.28. The molecule has 0 aliphatic heterocycles. The van der Waals surface area contributed by atoms with Crippen molar-refractivity contribution in [1.82, 2.24) is 0 Å². The Morgan fingerprint density at radius 1 is 0.568 bits per heavy atom. The van der Waals surface area contributed by atoms with Crippen molar-refractivity contribution in [2.45, 2.75) is 78.1 Å². The van der Waals surface area contributed by atoms with Gasteiger partial charge in [-0.3, -0.25) is 9.78 Å². The Kier molecular flexibility index (Phi) is 15.0. The van der Waals surface area contributed by atoms with Crippen LogP contribution in [-0.2, 0) is 51.9 Å². The summed E-state index contributed by atoms with van der Waals surface area (Å²) in [6, 6.07) is 13.8. The summed E-state index contributed by atoms with van der Waals surface area (Å²) < 4.78 is 10.1. The van der Waals surface area contributed by atoms with Gasteiger partial charge in [-0.2, -0.15) is 0 Å². The molecule has 0 saturated heterocycles. The van der Waals surface area contributed by atoms with Gasteiger partial charge in [-0.15, -0.1) is 0 Å². The van der Waals surface area contributed by atoms with Gasteiger partial charge >= 0.3 is 24.2 Å². The molecule has 44 heavy (non-hydrogen) atoms. The van der Waals surface area contributed by atoms with Crippen LogP contribution in [0.3, 0.4) is 0 Å². The summed E-state index contributed by atoms with van der Waals surface area (Å²) in [5, 5.41) is 8.55. The molecule has 0 radical (unpaired) electrons. The number of carbonyl (C=O) groups excluding carboxylic acids is 4. The minimum atomic E-state index is -1.13. The summed E-state index contributed by atoms with van der Waals surface area (Å²) in [5.41, 5.74) is 2.73. The molecule has 0 amide bonds. The number of hydrogen-bond acceptors (Lipinski definition) is 12. The highest BCUT2D eigenvalue weighted by Gasteiger charge is 2.25. The average molecular weight is 617 g/mol. The van der Waals surface area contributed by atoms with Gasteiger partial charge in [0.1, 0.15) is 0 Å². The van der Waals surface area contributed by atoms with Crippen LogP contribution in [0.25, 0.3) is 0 Å². The summed E-state index contributed by atoms with van der Waals surface area (Å²) in [5.74, 6) is -1.47. The number of aryl methyl sites for hydroxylation is 2. The summed E-state index contributed by atoms with van der Waals surface area (Å²) in [7, 11) is 0. The Morgan fingerprint density at radius 3 is 1.27 bits per heavy atom. The second-order valence-corrected chi connectivity index (χ2v) is 10.7. The van der Waals surface area contributed by atoms with Crippen molar-refractivity contribution in [1.29, 1.82) is 0 Å². The topological polar surface area (TPSA) is 142 Å². The molecule has 1 aliphatic carbocycles. The van der Waals surface area contributed by atoms with Crippen molar-refractivity contribution in [2.24, 2.45) is 11.8 Å². The van der Waals surface area contributed by atoms with Crippen LogP contribution in [0.1, 0.15) is 97.1 Å². The second kappa shape index (κ2) is 19.2. The molecule has 0 atom stereocenters. The van der Waals surface area contributed by atoms with Gasteiger partial charge in [-0.05, 0) is 98.6 Å². The third kappa shape index (κ3) is 12.6. The lowest BCUT2D eigenvalue weighted by Gasteiger charge is -2.27. The second-order valence-electron chi connectivity index (χ2n) is 10.7. The zero-order chi connectivity index (χ0) is 31.6. The van der Waals surface area contributed by atoms with E-state index in [9.17, 15) is 19.2 Å². The fraction of sp³-hybridized carbons (Fsp3) is 0.500. The van der Waals surface area contributed by atoms with E-state index in [-0.39, 0.29) is 36.2 Å². The summed E-state index contributed by atoms with van der Waals surface area (Å²) in [6.45, 7) is 4.39. The lowest BCUT2D eigenvalue weighted by atomic mass is 9.83. The van der Waals surface area contributed by atoms with Crippen LogP contribution in [0.15, 0.2) is 48.5 Å². The Bertz CT molecular complexity index is 1080. The predicted molar refractivity (Wildman–Crippen MR) is 153 cm³/mol. The SMILES string of the molecule is CCCCc1ccc(C(=O)OOOC(=O)OCC2CCC(COC(=O)OOOC(=O)c3ccc(CCCC)cc3)CC2)cc1. The van der Waals surface area contributed by atoms with Crippen molar-refractivity contribution < 1.29 is 58.3 Å². The van der Waals surface area contributed by atoms with Crippen LogP contribution in [0.5, 0.6) is 0 Å². The van der Waals surface area contributed by atoms with Gasteiger partial charge in [0.05, 0.1) is 34.4 Å². The molecule has 12 nitrogen and oxygen atoms in total. The van der Waals surface area contributed by atoms with E-state index in [1.807, 2.05) is 24.3 Å². The van der Waals surface area contributed by atoms with E-state index in [4.69, 9.17) is 9.47 Å². The molecular formula is C32H40O12. The van der Waals surface area contributed by atoms with Crippen molar-refractivity contribution in [3.05, 3.63) is 70.8 Å². The van der Waals surface area contributed by atoms with E-state index in [1.165, 1.54) is 0 Å². The minimum absolute atomic E-state index is 0.0722. The van der Waals surface area contributed by atoms with Crippen molar-refractivity contribution in [3.8, 4) is 0 Å². The van der Waals surface area contributed by atoms with E-state index in [1.54, 1.807) is 24.3 Å². The molecule has 2 aromatic carbocycles. The third-order valence-electron chi connectivity index (χ3n) is 7.28. The maximum atomic E-state index is 12.0. The molecule has 0 heterocycles. The van der Waals surface area contributed by atoms with Crippen molar-refractivity contribution in [3.63, 3.8) is 0 Å². The first kappa shape index (κ1) is 34.3. The molecule has 0 spiro atoms. The molecule has 0 N–H and O–H groups in total. The molecular weight excluding hydrogens is 576 g/mol. The molecule has 0 bridgehead atoms. The smallest absolute Gasteiger partial charge is 0.432 e. The summed E-state index contributed by atoms with van der Waals surface area (Å²) in [6.07, 6.45) is 6.71. The van der Waals surface area contributed by atoms with E-state index < -0.39 is 24.2 Å². The Labute approximate surface area is 256 Å². The lowest BCUT2D eigenvalue weighted by Crippen LogP contribution is -2.24. The number of hydrogen-bond donors (Lipinski definition) is 0. The zero-order valence-corrected chi connectivity index (χ0v) is 25.2. The first-order chi connectivity index (χ1) is 21.4. The molecule has 12 heteroatoms. The number of carbonyl (C=O) groups is 4. The normalized spacial score (nSPS) is 16.0. The molecule has 1 aliphatic rings. The van der Waals surface area contributed by atoms with Gasteiger partial charge in [-0.25, -0.2) is 29.0 Å². The van der Waals surface area contributed by atoms with Crippen LogP contribution in [0, 0.1) is 11.8 Å². The molecule has 0 aromatic heterocycles. The van der Waals surface area contributed by atoms with Crippen LogP contribution in [0.2, 0.25) is 0 Å². The first-order valence-electron chi connectivity index (χ1n) is 15.0. The fourth-order valence-corrected chi connectivity index (χ4v) is 4.61. The average Bonchev–Trinajstić information content (AvgIpc) is 3.05. The first-order valence-corrected chi connectivity index (χ1v) is 15.0. The van der Waals surface area contributed by atoms with Crippen LogP contribution >= 0.6 is 0 Å². The Balaban J connectivity index is 1.20. The molecule has 240 valence electrons. The van der Waals surface area contributed by atoms with Crippen LogP contribution in [-0.4, -0.2) is 37.5 Å². The largest absolute Gasteiger partial charge is 0.543 e. The number of ether oxygens (including phenoxy) is 2. The standard InChI is InChI=1S/C32H40O12/c1-3-5-7-23-13-17-27(18-14-23)29(33)39-43-41-31(35)37-21-25-9-11-26(12-10-25)22-38-32(36)42-44-40-30(34)28-19-15-24(16-20-28)8-6-4-2/h13-20,25-26H,3-12,21-22H2,1-2H3. The fourth-order valence-electron chi connectivity index (χ4n) is 4.61. The van der Waals surface area contributed by atoms with Gasteiger partial charge in [0.2, 0.25) is 0 Å². The van der Waals surface area contributed by atoms with E-state index in [0.29, 0.717) is 25.7 Å². The van der Waals surface area contributed by atoms with Crippen LogP contribution < -0.4 is 0 Å². The highest BCUT2D eigenvalue weighted by Crippen LogP contribution is 2.29. The highest BCUT2D eigenvalue weighted by molar-refractivity contribution is 5.89. The molecule has 1 fully saturated rings. The predicted octanol–water partition coefficient (Wildman–Crippen LogP) is 7.19. The zero-order valence-electron chi connectivity index (χ0n) is 25.2. The van der Waals surface area contributed by atoms with Gasteiger partial charge in [-0.1, -0.05) is 51.0 Å². The monoisotopic (exact) mass is 616 g/mol. The summed E-state index contributed by atoms with van der Waals surface area (Å²) in [4.78, 5) is 65.3. The van der Waals surface area contributed by atoms with Gasteiger partial charge < -0.3 is 9.47 Å². The highest BCUT2D eigenvalue weighted by atomic mass is 17.5. The lowest BCUT2D eigenvalue weighted by molar-refractivity contribution is -0.452. The number of unbranched alkanes of at least 4 members (excludes halogenated alkanes) is 2. The van der Waals surface area contributed by atoms with E-state index in [2.05, 4.69) is 43.5 Å². The van der Waals surface area contributed by atoms with Crippen molar-refractivity contribution >= 4 is 24.2 Å². The van der Waals surface area contributed by atoms with Crippen LogP contribution in [0.4, 0.5) is 9.59 Å². The molecule has 3 rings (SSSR count). The maximum absolute atomic E-state index is 12.0. The summed E-state index contributed by atoms with van der Waals surface area (Å²) >= 11 is 0. The number of benzene rings is 2. The minimum Gasteiger partial charge on any atom is -0.432 e. The quantitative estimate of drug-likeness (QED) is 0.107.